The van der Waals surface area contributed by atoms with Crippen LogP contribution >= 0.6 is 0 Å². The molecule has 0 saturated carbocycles. The highest BCUT2D eigenvalue weighted by Gasteiger charge is 2.29. The summed E-state index contributed by atoms with van der Waals surface area (Å²) in [6.45, 7) is 5.60. The highest BCUT2D eigenvalue weighted by atomic mass is 19.1. The van der Waals surface area contributed by atoms with Crippen molar-refractivity contribution in [2.24, 2.45) is 5.92 Å². The van der Waals surface area contributed by atoms with E-state index in [2.05, 4.69) is 11.8 Å². The van der Waals surface area contributed by atoms with Crippen LogP contribution in [-0.2, 0) is 11.2 Å². The maximum Gasteiger partial charge on any atom is 0.236 e. The molecular weight excluding hydrogens is 291 g/mol. The molecule has 3 rings (SSSR count). The normalized spacial score (nSPS) is 25.7. The number of carbonyl (C=O) groups excluding carboxylic acids is 1. The fourth-order valence-electron chi connectivity index (χ4n) is 3.92. The molecule has 0 aromatic heterocycles. The van der Waals surface area contributed by atoms with Gasteiger partial charge in [-0.3, -0.25) is 9.69 Å². The van der Waals surface area contributed by atoms with E-state index in [-0.39, 0.29) is 11.7 Å². The summed E-state index contributed by atoms with van der Waals surface area (Å²) in [6.07, 6.45) is 5.55. The van der Waals surface area contributed by atoms with Crippen LogP contribution in [0.4, 0.5) is 4.39 Å². The molecule has 1 amide bonds. The van der Waals surface area contributed by atoms with Gasteiger partial charge >= 0.3 is 0 Å². The van der Waals surface area contributed by atoms with Crippen LogP contribution in [0.5, 0.6) is 0 Å². The first-order valence-electron chi connectivity index (χ1n) is 8.88. The number of hydrogen-bond acceptors (Lipinski definition) is 2. The number of benzene rings is 1. The number of amides is 1. The first-order valence-corrected chi connectivity index (χ1v) is 8.88. The van der Waals surface area contributed by atoms with Crippen molar-refractivity contribution in [2.45, 2.75) is 45.1 Å². The molecule has 2 aliphatic rings. The molecule has 1 aromatic rings. The van der Waals surface area contributed by atoms with Gasteiger partial charge in [0.05, 0.1) is 6.54 Å². The molecule has 2 atom stereocenters. The fraction of sp³-hybridized carbons (Fsp3) is 0.632. The lowest BCUT2D eigenvalue weighted by molar-refractivity contribution is -0.134. The third kappa shape index (κ3) is 4.31. The Morgan fingerprint density at radius 3 is 2.65 bits per heavy atom. The van der Waals surface area contributed by atoms with Crippen molar-refractivity contribution in [2.75, 3.05) is 26.2 Å². The molecule has 0 N–H and O–H groups in total. The minimum absolute atomic E-state index is 0.188. The van der Waals surface area contributed by atoms with E-state index in [1.165, 1.54) is 18.6 Å². The van der Waals surface area contributed by atoms with Gasteiger partial charge in [-0.25, -0.2) is 4.39 Å². The molecule has 2 aliphatic heterocycles. The lowest BCUT2D eigenvalue weighted by atomic mass is 10.0. The van der Waals surface area contributed by atoms with Gasteiger partial charge in [0.1, 0.15) is 5.82 Å². The molecule has 126 valence electrons. The van der Waals surface area contributed by atoms with Crippen LogP contribution in [0.15, 0.2) is 24.3 Å². The molecule has 0 bridgehead atoms. The molecule has 23 heavy (non-hydrogen) atoms. The monoisotopic (exact) mass is 318 g/mol. The Kier molecular flexibility index (Phi) is 5.31. The van der Waals surface area contributed by atoms with E-state index in [1.54, 1.807) is 0 Å². The zero-order chi connectivity index (χ0) is 16.2. The summed E-state index contributed by atoms with van der Waals surface area (Å²) in [5.41, 5.74) is 1.15. The number of likely N-dealkylation sites (tertiary alicyclic amines) is 2. The number of halogens is 1. The number of nitrogens with zero attached hydrogens (tertiary/aromatic N) is 2. The summed E-state index contributed by atoms with van der Waals surface area (Å²) in [4.78, 5) is 16.9. The van der Waals surface area contributed by atoms with Crippen LogP contribution in [0.2, 0.25) is 0 Å². The van der Waals surface area contributed by atoms with Crippen LogP contribution in [0.3, 0.4) is 0 Å². The van der Waals surface area contributed by atoms with Gasteiger partial charge in [-0.1, -0.05) is 19.1 Å². The maximum atomic E-state index is 13.0. The van der Waals surface area contributed by atoms with Gasteiger partial charge in [0.2, 0.25) is 5.91 Å². The molecule has 0 unspecified atom stereocenters. The Balaban J connectivity index is 1.56. The molecule has 1 aromatic carbocycles. The van der Waals surface area contributed by atoms with Gasteiger partial charge in [-0.2, -0.15) is 0 Å². The maximum absolute atomic E-state index is 13.0. The van der Waals surface area contributed by atoms with Crippen molar-refractivity contribution in [3.63, 3.8) is 0 Å². The van der Waals surface area contributed by atoms with Crippen LogP contribution < -0.4 is 0 Å². The van der Waals surface area contributed by atoms with E-state index >= 15 is 0 Å². The predicted octanol–water partition coefficient (Wildman–Crippen LogP) is 3.09. The average molecular weight is 318 g/mol. The van der Waals surface area contributed by atoms with E-state index in [0.717, 1.165) is 50.9 Å². The molecule has 0 aliphatic carbocycles. The Morgan fingerprint density at radius 1 is 1.17 bits per heavy atom. The molecule has 2 fully saturated rings. The smallest absolute Gasteiger partial charge is 0.236 e. The third-order valence-electron chi connectivity index (χ3n) is 5.23. The van der Waals surface area contributed by atoms with E-state index in [4.69, 9.17) is 0 Å². The second-order valence-corrected chi connectivity index (χ2v) is 7.18. The van der Waals surface area contributed by atoms with Crippen LogP contribution in [-0.4, -0.2) is 47.9 Å². The highest BCUT2D eigenvalue weighted by Crippen LogP contribution is 2.22. The van der Waals surface area contributed by atoms with Crippen molar-refractivity contribution in [1.29, 1.82) is 0 Å². The Morgan fingerprint density at radius 2 is 1.91 bits per heavy atom. The van der Waals surface area contributed by atoms with Gasteiger partial charge in [0, 0.05) is 19.1 Å². The van der Waals surface area contributed by atoms with E-state index in [9.17, 15) is 9.18 Å². The van der Waals surface area contributed by atoms with Gasteiger partial charge in [0.15, 0.2) is 0 Å². The molecule has 0 spiro atoms. The zero-order valence-electron chi connectivity index (χ0n) is 14.0. The predicted molar refractivity (Wildman–Crippen MR) is 89.7 cm³/mol. The van der Waals surface area contributed by atoms with Crippen LogP contribution in [0.1, 0.15) is 38.2 Å². The quantitative estimate of drug-likeness (QED) is 0.852. The molecule has 2 heterocycles. The van der Waals surface area contributed by atoms with Crippen LogP contribution in [0.25, 0.3) is 0 Å². The summed E-state index contributed by atoms with van der Waals surface area (Å²) < 4.78 is 13.0. The van der Waals surface area contributed by atoms with Crippen LogP contribution in [0, 0.1) is 11.7 Å². The molecule has 3 nitrogen and oxygen atoms in total. The standard InChI is InChI=1S/C19H27FN2O/c1-15-4-2-11-22(13-15)19(23)14-21-10-3-5-18(21)12-16-6-8-17(20)9-7-16/h6-9,15,18H,2-5,10-14H2,1H3/t15-,18+/m0/s1. The van der Waals surface area contributed by atoms with E-state index < -0.39 is 0 Å². The minimum atomic E-state index is -0.188. The SMILES string of the molecule is C[C@H]1CCCN(C(=O)CN2CCC[C@@H]2Cc2ccc(F)cc2)C1. The fourth-order valence-corrected chi connectivity index (χ4v) is 3.92. The van der Waals surface area contributed by atoms with Crippen molar-refractivity contribution >= 4 is 5.91 Å². The Bertz CT molecular complexity index is 531. The van der Waals surface area contributed by atoms with Crippen molar-refractivity contribution in [1.82, 2.24) is 9.80 Å². The Labute approximate surface area is 138 Å². The third-order valence-corrected chi connectivity index (χ3v) is 5.23. The first kappa shape index (κ1) is 16.4. The number of piperidine rings is 1. The topological polar surface area (TPSA) is 23.6 Å². The number of carbonyl (C=O) groups is 1. The first-order chi connectivity index (χ1) is 11.1. The molecule has 4 heteroatoms. The Hall–Kier alpha value is -1.42. The minimum Gasteiger partial charge on any atom is -0.341 e. The molecular formula is C19H27FN2O. The average Bonchev–Trinajstić information content (AvgIpc) is 2.96. The van der Waals surface area contributed by atoms with E-state index in [0.29, 0.717) is 18.5 Å². The van der Waals surface area contributed by atoms with Gasteiger partial charge in [-0.05, 0) is 62.3 Å². The second-order valence-electron chi connectivity index (χ2n) is 7.18. The summed E-state index contributed by atoms with van der Waals surface area (Å²) >= 11 is 0. The molecule has 0 radical (unpaired) electrons. The second kappa shape index (κ2) is 7.43. The van der Waals surface area contributed by atoms with Gasteiger partial charge in [0.25, 0.3) is 0 Å². The lowest BCUT2D eigenvalue weighted by Gasteiger charge is -2.33. The van der Waals surface area contributed by atoms with Gasteiger partial charge < -0.3 is 4.90 Å². The van der Waals surface area contributed by atoms with Crippen molar-refractivity contribution < 1.29 is 9.18 Å². The highest BCUT2D eigenvalue weighted by molar-refractivity contribution is 5.78. The number of hydrogen-bond donors (Lipinski definition) is 0. The summed E-state index contributed by atoms with van der Waals surface area (Å²) in [5.74, 6) is 0.718. The zero-order valence-corrected chi connectivity index (χ0v) is 14.0. The van der Waals surface area contributed by atoms with E-state index in [1.807, 2.05) is 17.0 Å². The van der Waals surface area contributed by atoms with Crippen molar-refractivity contribution in [3.8, 4) is 0 Å². The lowest BCUT2D eigenvalue weighted by Crippen LogP contribution is -2.46. The molecule has 2 saturated heterocycles. The largest absolute Gasteiger partial charge is 0.341 e. The summed E-state index contributed by atoms with van der Waals surface area (Å²) in [6, 6.07) is 7.18. The van der Waals surface area contributed by atoms with Crippen molar-refractivity contribution in [3.05, 3.63) is 35.6 Å². The summed E-state index contributed by atoms with van der Waals surface area (Å²) in [7, 11) is 0. The van der Waals surface area contributed by atoms with Gasteiger partial charge in [-0.15, -0.1) is 0 Å². The summed E-state index contributed by atoms with van der Waals surface area (Å²) in [5, 5.41) is 0. The number of rotatable bonds is 4.